The molecule has 1 aliphatic rings. The Morgan fingerprint density at radius 3 is 2.15 bits per heavy atom. The highest BCUT2D eigenvalue weighted by atomic mass is 16.2. The average molecular weight is 366 g/mol. The van der Waals surface area contributed by atoms with Crippen molar-refractivity contribution in [2.45, 2.75) is 31.3 Å². The van der Waals surface area contributed by atoms with Crippen LogP contribution in [-0.4, -0.2) is 36.0 Å². The van der Waals surface area contributed by atoms with Crippen molar-refractivity contribution in [3.05, 3.63) is 66.2 Å². The predicted octanol–water partition coefficient (Wildman–Crippen LogP) is 2.67. The Morgan fingerprint density at radius 2 is 1.56 bits per heavy atom. The van der Waals surface area contributed by atoms with Crippen molar-refractivity contribution in [1.29, 1.82) is 0 Å². The second-order valence-corrected chi connectivity index (χ2v) is 7.10. The molecule has 1 aliphatic heterocycles. The lowest BCUT2D eigenvalue weighted by Gasteiger charge is -2.34. The van der Waals surface area contributed by atoms with Crippen molar-refractivity contribution in [2.24, 2.45) is 5.73 Å². The molecule has 142 valence electrons. The van der Waals surface area contributed by atoms with E-state index in [9.17, 15) is 9.59 Å². The van der Waals surface area contributed by atoms with Gasteiger partial charge in [0.2, 0.25) is 5.91 Å². The molecule has 0 radical (unpaired) electrons. The van der Waals surface area contributed by atoms with Crippen LogP contribution < -0.4 is 16.4 Å². The molecule has 6 heteroatoms. The topological polar surface area (TPSA) is 87.5 Å². The maximum Gasteiger partial charge on any atom is 0.321 e. The van der Waals surface area contributed by atoms with Crippen LogP contribution in [0.3, 0.4) is 0 Å². The third kappa shape index (κ3) is 4.65. The second kappa shape index (κ2) is 8.22. The molecule has 6 nitrogen and oxygen atoms in total. The molecule has 1 fully saturated rings. The summed E-state index contributed by atoms with van der Waals surface area (Å²) < 4.78 is 0. The molecular weight excluding hydrogens is 340 g/mol. The molecule has 3 rings (SSSR count). The first-order valence-electron chi connectivity index (χ1n) is 9.23. The Kier molecular flexibility index (Phi) is 5.76. The van der Waals surface area contributed by atoms with E-state index in [4.69, 9.17) is 5.73 Å². The fourth-order valence-corrected chi connectivity index (χ4v) is 3.20. The lowest BCUT2D eigenvalue weighted by atomic mass is 9.91. The van der Waals surface area contributed by atoms with Gasteiger partial charge in [-0.25, -0.2) is 4.79 Å². The number of likely N-dealkylation sites (tertiary alicyclic amines) is 1. The quantitative estimate of drug-likeness (QED) is 0.777. The van der Waals surface area contributed by atoms with Gasteiger partial charge in [-0.2, -0.15) is 0 Å². The van der Waals surface area contributed by atoms with Crippen molar-refractivity contribution in [3.63, 3.8) is 0 Å². The van der Waals surface area contributed by atoms with E-state index in [1.54, 1.807) is 11.8 Å². The normalized spacial score (nSPS) is 17.0. The number of nitrogens with zero attached hydrogens (tertiary/aromatic N) is 1. The van der Waals surface area contributed by atoms with Gasteiger partial charge in [-0.15, -0.1) is 0 Å². The smallest absolute Gasteiger partial charge is 0.321 e. The van der Waals surface area contributed by atoms with E-state index < -0.39 is 5.54 Å². The Balaban J connectivity index is 1.50. The fourth-order valence-electron chi connectivity index (χ4n) is 3.20. The average Bonchev–Trinajstić information content (AvgIpc) is 2.70. The first kappa shape index (κ1) is 18.9. The van der Waals surface area contributed by atoms with E-state index in [0.29, 0.717) is 25.9 Å². The first-order valence-corrected chi connectivity index (χ1v) is 9.23. The number of carbonyl (C=O) groups excluding carboxylic acids is 2. The fraction of sp³-hybridized carbons (Fsp3) is 0.333. The van der Waals surface area contributed by atoms with Crippen LogP contribution in [0.5, 0.6) is 0 Å². The Hall–Kier alpha value is -2.86. The maximum absolute atomic E-state index is 12.7. The Bertz CT molecular complexity index is 769. The maximum atomic E-state index is 12.7. The van der Waals surface area contributed by atoms with Gasteiger partial charge < -0.3 is 21.3 Å². The van der Waals surface area contributed by atoms with E-state index in [-0.39, 0.29) is 18.0 Å². The second-order valence-electron chi connectivity index (χ2n) is 7.10. The van der Waals surface area contributed by atoms with Gasteiger partial charge in [0.05, 0.1) is 0 Å². The minimum Gasteiger partial charge on any atom is -0.351 e. The summed E-state index contributed by atoms with van der Waals surface area (Å²) in [6.45, 7) is 2.91. The number of benzene rings is 2. The van der Waals surface area contributed by atoms with Crippen LogP contribution in [-0.2, 0) is 10.3 Å². The van der Waals surface area contributed by atoms with Crippen molar-refractivity contribution in [1.82, 2.24) is 10.2 Å². The third-order valence-corrected chi connectivity index (χ3v) is 4.99. The number of hydrogen-bond donors (Lipinski definition) is 3. The number of amides is 3. The minimum atomic E-state index is -1.08. The number of anilines is 1. The molecule has 2 aromatic rings. The number of hydrogen-bond acceptors (Lipinski definition) is 3. The molecule has 1 unspecified atom stereocenters. The molecular formula is C21H26N4O2. The zero-order valence-corrected chi connectivity index (χ0v) is 15.5. The molecule has 2 aromatic carbocycles. The lowest BCUT2D eigenvalue weighted by molar-refractivity contribution is -0.127. The van der Waals surface area contributed by atoms with Gasteiger partial charge >= 0.3 is 6.03 Å². The van der Waals surface area contributed by atoms with Crippen molar-refractivity contribution < 1.29 is 9.59 Å². The number of urea groups is 1. The summed E-state index contributed by atoms with van der Waals surface area (Å²) in [4.78, 5) is 26.8. The van der Waals surface area contributed by atoms with E-state index in [2.05, 4.69) is 10.6 Å². The van der Waals surface area contributed by atoms with E-state index in [0.717, 1.165) is 11.3 Å². The summed E-state index contributed by atoms with van der Waals surface area (Å²) in [6.07, 6.45) is 1.41. The van der Waals surface area contributed by atoms with E-state index in [1.807, 2.05) is 60.7 Å². The van der Waals surface area contributed by atoms with Crippen LogP contribution in [0.4, 0.5) is 10.5 Å². The van der Waals surface area contributed by atoms with Gasteiger partial charge in [-0.1, -0.05) is 48.5 Å². The van der Waals surface area contributed by atoms with Crippen molar-refractivity contribution in [2.75, 3.05) is 18.4 Å². The molecule has 0 aliphatic carbocycles. The third-order valence-electron chi connectivity index (χ3n) is 4.99. The molecule has 0 bridgehead atoms. The predicted molar refractivity (Wildman–Crippen MR) is 106 cm³/mol. The van der Waals surface area contributed by atoms with Crippen molar-refractivity contribution in [3.8, 4) is 0 Å². The first-order chi connectivity index (χ1) is 13.0. The van der Waals surface area contributed by atoms with Crippen LogP contribution in [0.15, 0.2) is 60.7 Å². The summed E-state index contributed by atoms with van der Waals surface area (Å²) in [5.74, 6) is -0.194. The number of nitrogens with one attached hydrogen (secondary N) is 2. The highest BCUT2D eigenvalue weighted by molar-refractivity contribution is 5.89. The SMILES string of the molecule is CC(N)(C(=O)NC1CCN(C(=O)Nc2ccccc2)CC1)c1ccccc1. The van der Waals surface area contributed by atoms with Gasteiger partial charge in [0.15, 0.2) is 0 Å². The van der Waals surface area contributed by atoms with Gasteiger partial charge in [-0.05, 0) is 37.5 Å². The van der Waals surface area contributed by atoms with Crippen LogP contribution in [0.25, 0.3) is 0 Å². The summed E-state index contributed by atoms with van der Waals surface area (Å²) in [5.41, 5.74) is 6.75. The van der Waals surface area contributed by atoms with E-state index in [1.165, 1.54) is 0 Å². The van der Waals surface area contributed by atoms with Crippen LogP contribution >= 0.6 is 0 Å². The minimum absolute atomic E-state index is 0.0184. The molecule has 1 saturated heterocycles. The zero-order valence-electron chi connectivity index (χ0n) is 15.5. The highest BCUT2D eigenvalue weighted by Crippen LogP contribution is 2.19. The van der Waals surface area contributed by atoms with Crippen LogP contribution in [0.2, 0.25) is 0 Å². The summed E-state index contributed by atoms with van der Waals surface area (Å²) in [6, 6.07) is 18.7. The standard InChI is InChI=1S/C21H26N4O2/c1-21(22,16-8-4-2-5-9-16)19(26)23-18-12-14-25(15-13-18)20(27)24-17-10-6-3-7-11-17/h2-11,18H,12-15,22H2,1H3,(H,23,26)(H,24,27). The van der Waals surface area contributed by atoms with Gasteiger partial charge in [0.1, 0.15) is 5.54 Å². The highest BCUT2D eigenvalue weighted by Gasteiger charge is 2.33. The number of rotatable bonds is 4. The summed E-state index contributed by atoms with van der Waals surface area (Å²) in [5, 5.41) is 5.94. The largest absolute Gasteiger partial charge is 0.351 e. The van der Waals surface area contributed by atoms with E-state index >= 15 is 0 Å². The van der Waals surface area contributed by atoms with Crippen molar-refractivity contribution >= 4 is 17.6 Å². The molecule has 0 saturated carbocycles. The van der Waals surface area contributed by atoms with Crippen LogP contribution in [0, 0.1) is 0 Å². The van der Waals surface area contributed by atoms with Gasteiger partial charge in [-0.3, -0.25) is 4.79 Å². The monoisotopic (exact) mass is 366 g/mol. The van der Waals surface area contributed by atoms with Gasteiger partial charge in [0, 0.05) is 24.8 Å². The molecule has 27 heavy (non-hydrogen) atoms. The molecule has 3 amide bonds. The number of para-hydroxylation sites is 1. The van der Waals surface area contributed by atoms with Gasteiger partial charge in [0.25, 0.3) is 0 Å². The lowest BCUT2D eigenvalue weighted by Crippen LogP contribution is -2.54. The molecule has 1 heterocycles. The number of nitrogens with two attached hydrogens (primary N) is 1. The Morgan fingerprint density at radius 1 is 1.00 bits per heavy atom. The van der Waals surface area contributed by atoms with Crippen LogP contribution in [0.1, 0.15) is 25.3 Å². The Labute approximate surface area is 159 Å². The summed E-state index contributed by atoms with van der Waals surface area (Å²) >= 11 is 0. The summed E-state index contributed by atoms with van der Waals surface area (Å²) in [7, 11) is 0. The molecule has 4 N–H and O–H groups in total. The molecule has 0 aromatic heterocycles. The number of piperidine rings is 1. The molecule has 0 spiro atoms. The molecule has 1 atom stereocenters. The number of carbonyl (C=O) groups is 2. The zero-order chi connectivity index (χ0) is 19.3.